The third-order valence-corrected chi connectivity index (χ3v) is 7.48. The highest BCUT2D eigenvalue weighted by Crippen LogP contribution is 2.44. The fourth-order valence-corrected chi connectivity index (χ4v) is 5.23. The largest absolute Gasteiger partial charge is 0.481 e. The van der Waals surface area contributed by atoms with Crippen LogP contribution in [0.1, 0.15) is 38.3 Å². The van der Waals surface area contributed by atoms with E-state index < -0.39 is 17.3 Å². The molecule has 1 amide bonds. The van der Waals surface area contributed by atoms with E-state index in [1.165, 1.54) is 4.90 Å². The monoisotopic (exact) mass is 545 g/mol. The Bertz CT molecular complexity index is 1570. The van der Waals surface area contributed by atoms with Crippen molar-refractivity contribution in [2.24, 2.45) is 16.7 Å². The van der Waals surface area contributed by atoms with Crippen LogP contribution in [0, 0.1) is 16.7 Å². The fourth-order valence-electron chi connectivity index (χ4n) is 5.23. The van der Waals surface area contributed by atoms with Crippen LogP contribution in [0.2, 0.25) is 0 Å². The van der Waals surface area contributed by atoms with E-state index in [2.05, 4.69) is 45.1 Å². The molecule has 5 nitrogen and oxygen atoms in total. The number of hydrogen-bond donors (Lipinski definition) is 1. The molecule has 2 aromatic rings. The Morgan fingerprint density at radius 3 is 2.39 bits per heavy atom. The summed E-state index contributed by atoms with van der Waals surface area (Å²) in [4.78, 5) is 28.9. The predicted molar refractivity (Wildman–Crippen MR) is 164 cm³/mol. The van der Waals surface area contributed by atoms with E-state index in [4.69, 9.17) is 4.42 Å². The van der Waals surface area contributed by atoms with E-state index in [0.29, 0.717) is 30.2 Å². The average molecular weight is 546 g/mol. The van der Waals surface area contributed by atoms with Crippen LogP contribution in [-0.2, 0) is 16.0 Å². The number of aryl methyl sites for hydroxylation is 1. The van der Waals surface area contributed by atoms with Gasteiger partial charge >= 0.3 is 5.97 Å². The smallest absolute Gasteiger partial charge is 0.311 e. The lowest BCUT2D eigenvalue weighted by atomic mass is 9.68. The van der Waals surface area contributed by atoms with Crippen molar-refractivity contribution >= 4 is 29.5 Å². The van der Waals surface area contributed by atoms with Crippen molar-refractivity contribution in [1.82, 2.24) is 0 Å². The van der Waals surface area contributed by atoms with Crippen LogP contribution in [0.15, 0.2) is 120 Å². The lowest BCUT2D eigenvalue weighted by Gasteiger charge is -2.39. The molecule has 0 bridgehead atoms. The van der Waals surface area contributed by atoms with Crippen LogP contribution in [0.25, 0.3) is 17.4 Å². The maximum absolute atomic E-state index is 14.8. The van der Waals surface area contributed by atoms with Crippen molar-refractivity contribution in [3.05, 3.63) is 126 Å². The molecule has 5 rings (SSSR count). The van der Waals surface area contributed by atoms with E-state index >= 15 is 0 Å². The van der Waals surface area contributed by atoms with Crippen LogP contribution >= 0.6 is 0 Å². The van der Waals surface area contributed by atoms with Crippen molar-refractivity contribution in [2.75, 3.05) is 4.90 Å². The molecular weight excluding hydrogens is 510 g/mol. The minimum Gasteiger partial charge on any atom is -0.481 e. The molecule has 2 aliphatic carbocycles. The number of hydrogen-bond acceptors (Lipinski definition) is 3. The highest BCUT2D eigenvalue weighted by Gasteiger charge is 2.49. The molecule has 3 aliphatic rings. The maximum atomic E-state index is 14.8. The van der Waals surface area contributed by atoms with Gasteiger partial charge in [-0.2, -0.15) is 0 Å². The molecule has 208 valence electrons. The quantitative estimate of drug-likeness (QED) is 0.241. The van der Waals surface area contributed by atoms with E-state index in [1.807, 2.05) is 66.7 Å². The maximum Gasteiger partial charge on any atom is 0.311 e. The van der Waals surface area contributed by atoms with Gasteiger partial charge in [-0.15, -0.1) is 0 Å². The van der Waals surface area contributed by atoms with Crippen molar-refractivity contribution in [1.29, 1.82) is 0 Å². The second-order valence-corrected chi connectivity index (χ2v) is 11.6. The zero-order valence-electron chi connectivity index (χ0n) is 23.7. The predicted octanol–water partition coefficient (Wildman–Crippen LogP) is 8.55. The Labute approximate surface area is 241 Å². The SMILES string of the molecule is CC(C)(C)C=Cc1ccc(CCC2(C(=O)N(c3ccccc3)c3ccc4cccc-4o3)C=CC=CC2C(=O)O)cc1. The van der Waals surface area contributed by atoms with Gasteiger partial charge in [-0.05, 0) is 53.6 Å². The number of carboxylic acid groups (broad SMARTS) is 1. The third kappa shape index (κ3) is 6.09. The van der Waals surface area contributed by atoms with Gasteiger partial charge in [0.15, 0.2) is 0 Å². The molecule has 2 atom stereocenters. The molecule has 2 unspecified atom stereocenters. The molecule has 0 saturated heterocycles. The van der Waals surface area contributed by atoms with Gasteiger partial charge in [-0.25, -0.2) is 4.90 Å². The molecule has 0 radical (unpaired) electrons. The first-order chi connectivity index (χ1) is 19.7. The Morgan fingerprint density at radius 2 is 1.68 bits per heavy atom. The van der Waals surface area contributed by atoms with E-state index in [0.717, 1.165) is 16.7 Å². The average Bonchev–Trinajstić information content (AvgIpc) is 3.44. The van der Waals surface area contributed by atoms with Crippen LogP contribution in [-0.4, -0.2) is 17.0 Å². The Hall–Kier alpha value is -4.64. The standard InChI is InChI=1S/C36H35NO4/c1-35(2,3)24-21-26-15-17-27(18-16-26)22-25-36(23-8-7-13-30(36)33(38)39)34(40)37(29-11-5-4-6-12-29)32-20-19-28-10-9-14-31(28)41-32/h4-21,23-24,30H,22,25H2,1-3H3,(H,38,39). The molecule has 41 heavy (non-hydrogen) atoms. The van der Waals surface area contributed by atoms with E-state index in [1.54, 1.807) is 30.4 Å². The number of rotatable bonds is 8. The summed E-state index contributed by atoms with van der Waals surface area (Å²) in [5.41, 5.74) is 2.41. The number of allylic oxidation sites excluding steroid dienone is 3. The summed E-state index contributed by atoms with van der Waals surface area (Å²) in [5.74, 6) is -1.45. The number of carboxylic acids is 1. The number of benzene rings is 2. The first kappa shape index (κ1) is 27.9. The van der Waals surface area contributed by atoms with Crippen molar-refractivity contribution in [3.63, 3.8) is 0 Å². The number of carbonyl (C=O) groups excluding carboxylic acids is 1. The molecular formula is C36H35NO4. The van der Waals surface area contributed by atoms with E-state index in [-0.39, 0.29) is 11.3 Å². The van der Waals surface area contributed by atoms with Crippen molar-refractivity contribution in [2.45, 2.75) is 33.6 Å². The zero-order valence-corrected chi connectivity index (χ0v) is 23.7. The van der Waals surface area contributed by atoms with Gasteiger partial charge < -0.3 is 9.52 Å². The molecule has 0 fully saturated rings. The molecule has 0 saturated carbocycles. The van der Waals surface area contributed by atoms with Gasteiger partial charge in [0.2, 0.25) is 11.8 Å². The Balaban J connectivity index is 1.53. The van der Waals surface area contributed by atoms with Gasteiger partial charge in [0.05, 0.1) is 17.0 Å². The molecule has 0 spiro atoms. The first-order valence-corrected chi connectivity index (χ1v) is 13.9. The van der Waals surface area contributed by atoms with Crippen LogP contribution in [0.5, 0.6) is 0 Å². The number of amides is 1. The summed E-state index contributed by atoms with van der Waals surface area (Å²) in [6, 6.07) is 26.8. The molecule has 2 aromatic carbocycles. The summed E-state index contributed by atoms with van der Waals surface area (Å²) in [6.45, 7) is 6.47. The highest BCUT2D eigenvalue weighted by molar-refractivity contribution is 6.06. The van der Waals surface area contributed by atoms with E-state index in [9.17, 15) is 14.7 Å². The van der Waals surface area contributed by atoms with Crippen LogP contribution in [0.3, 0.4) is 0 Å². The van der Waals surface area contributed by atoms with Crippen LogP contribution < -0.4 is 4.90 Å². The fraction of sp³-hybridized carbons (Fsp3) is 0.222. The van der Waals surface area contributed by atoms with Crippen molar-refractivity contribution in [3.8, 4) is 11.3 Å². The molecule has 1 heterocycles. The molecule has 1 aliphatic heterocycles. The normalized spacial score (nSPS) is 18.7. The molecule has 0 aromatic heterocycles. The lowest BCUT2D eigenvalue weighted by Crippen LogP contribution is -2.48. The van der Waals surface area contributed by atoms with Crippen LogP contribution in [0.4, 0.5) is 11.6 Å². The second-order valence-electron chi connectivity index (χ2n) is 11.6. The number of anilines is 2. The number of carbonyl (C=O) groups is 2. The summed E-state index contributed by atoms with van der Waals surface area (Å²) < 4.78 is 6.20. The number of aliphatic carboxylic acids is 1. The summed E-state index contributed by atoms with van der Waals surface area (Å²) in [5, 5.41) is 10.3. The Morgan fingerprint density at radius 1 is 0.927 bits per heavy atom. The minimum atomic E-state index is -1.34. The van der Waals surface area contributed by atoms with Gasteiger partial charge in [0, 0.05) is 11.6 Å². The summed E-state index contributed by atoms with van der Waals surface area (Å²) in [7, 11) is 0. The molecule has 1 N–H and O–H groups in total. The first-order valence-electron chi connectivity index (χ1n) is 13.9. The minimum absolute atomic E-state index is 0.0857. The van der Waals surface area contributed by atoms with Gasteiger partial charge in [0.1, 0.15) is 5.76 Å². The third-order valence-electron chi connectivity index (χ3n) is 7.48. The summed E-state index contributed by atoms with van der Waals surface area (Å²) >= 11 is 0. The second kappa shape index (κ2) is 11.5. The molecule has 5 heteroatoms. The topological polar surface area (TPSA) is 70.8 Å². The summed E-state index contributed by atoms with van der Waals surface area (Å²) in [6.07, 6.45) is 12.0. The van der Waals surface area contributed by atoms with Gasteiger partial charge in [-0.1, -0.05) is 112 Å². The van der Waals surface area contributed by atoms with Crippen molar-refractivity contribution < 1.29 is 19.1 Å². The lowest BCUT2D eigenvalue weighted by molar-refractivity contribution is -0.147. The highest BCUT2D eigenvalue weighted by atomic mass is 16.4. The number of fused-ring (bicyclic) bond motifs is 1. The van der Waals surface area contributed by atoms with Gasteiger partial charge in [-0.3, -0.25) is 9.59 Å². The Kier molecular flexibility index (Phi) is 7.80. The zero-order chi connectivity index (χ0) is 29.0. The number of para-hydroxylation sites is 1. The van der Waals surface area contributed by atoms with Gasteiger partial charge in [0.25, 0.3) is 0 Å². The number of nitrogens with zero attached hydrogens (tertiary/aromatic N) is 1.